The smallest absolute Gasteiger partial charge is 0.257 e. The molecular weight excluding hydrogens is 478 g/mol. The van der Waals surface area contributed by atoms with Crippen LogP contribution in [0.25, 0.3) is 16.9 Å². The Morgan fingerprint density at radius 1 is 1.05 bits per heavy atom. The van der Waals surface area contributed by atoms with Gasteiger partial charge in [0.2, 0.25) is 11.9 Å². The largest absolute Gasteiger partial charge is 0.497 e. The standard InChI is InChI=1S/C28H24F2N4O3/c1-3-16-33(27(36)23-6-4-5-7-24(23)30)18-26(35)32-28-31-25(19-8-14-22(37-2)15-9-19)17-34(28)21-12-10-20(29)11-13-21/h3-15,17H,1,16,18H2,2H3,(H,31,32,35). The molecule has 0 aliphatic carbocycles. The summed E-state index contributed by atoms with van der Waals surface area (Å²) < 4.78 is 34.5. The van der Waals surface area contributed by atoms with E-state index in [4.69, 9.17) is 4.74 Å². The topological polar surface area (TPSA) is 76.5 Å². The predicted molar refractivity (Wildman–Crippen MR) is 137 cm³/mol. The van der Waals surface area contributed by atoms with Gasteiger partial charge in [-0.3, -0.25) is 19.5 Å². The summed E-state index contributed by atoms with van der Waals surface area (Å²) in [7, 11) is 1.57. The Balaban J connectivity index is 1.62. The Bertz CT molecular complexity index is 1420. The zero-order valence-electron chi connectivity index (χ0n) is 20.0. The van der Waals surface area contributed by atoms with Gasteiger partial charge in [-0.2, -0.15) is 0 Å². The number of carbonyl (C=O) groups is 2. The Morgan fingerprint density at radius 2 is 1.76 bits per heavy atom. The molecule has 0 radical (unpaired) electrons. The van der Waals surface area contributed by atoms with Gasteiger partial charge in [0.1, 0.15) is 23.9 Å². The van der Waals surface area contributed by atoms with Crippen molar-refractivity contribution in [2.45, 2.75) is 0 Å². The van der Waals surface area contributed by atoms with Gasteiger partial charge in [0.25, 0.3) is 5.91 Å². The molecule has 0 aliphatic rings. The number of anilines is 1. The lowest BCUT2D eigenvalue weighted by atomic mass is 10.1. The van der Waals surface area contributed by atoms with Gasteiger partial charge >= 0.3 is 0 Å². The van der Waals surface area contributed by atoms with Gasteiger partial charge in [-0.05, 0) is 60.7 Å². The van der Waals surface area contributed by atoms with Crippen LogP contribution in [-0.2, 0) is 4.79 Å². The van der Waals surface area contributed by atoms with E-state index in [1.54, 1.807) is 48.2 Å². The lowest BCUT2D eigenvalue weighted by molar-refractivity contribution is -0.116. The van der Waals surface area contributed by atoms with Crippen LogP contribution in [-0.4, -0.2) is 46.5 Å². The minimum Gasteiger partial charge on any atom is -0.497 e. The summed E-state index contributed by atoms with van der Waals surface area (Å²) in [5.74, 6) is -1.44. The molecule has 0 aliphatic heterocycles. The molecule has 0 atom stereocenters. The van der Waals surface area contributed by atoms with Gasteiger partial charge in [-0.1, -0.05) is 18.2 Å². The highest BCUT2D eigenvalue weighted by molar-refractivity contribution is 5.99. The fraction of sp³-hybridized carbons (Fsp3) is 0.107. The summed E-state index contributed by atoms with van der Waals surface area (Å²) in [5.41, 5.74) is 1.73. The molecule has 0 spiro atoms. The first-order valence-electron chi connectivity index (χ1n) is 11.3. The molecule has 4 rings (SSSR count). The van der Waals surface area contributed by atoms with E-state index >= 15 is 0 Å². The molecule has 0 saturated heterocycles. The van der Waals surface area contributed by atoms with E-state index in [9.17, 15) is 18.4 Å². The first-order chi connectivity index (χ1) is 17.9. The van der Waals surface area contributed by atoms with E-state index in [1.165, 1.54) is 41.3 Å². The third kappa shape index (κ3) is 5.90. The van der Waals surface area contributed by atoms with Crippen molar-refractivity contribution in [1.29, 1.82) is 0 Å². The first kappa shape index (κ1) is 25.3. The van der Waals surface area contributed by atoms with Gasteiger partial charge in [0, 0.05) is 24.0 Å². The number of halogens is 2. The zero-order chi connectivity index (χ0) is 26.4. The molecule has 0 unspecified atom stereocenters. The van der Waals surface area contributed by atoms with Gasteiger partial charge in [-0.25, -0.2) is 13.8 Å². The number of methoxy groups -OCH3 is 1. The summed E-state index contributed by atoms with van der Waals surface area (Å²) in [6, 6.07) is 18.5. The highest BCUT2D eigenvalue weighted by atomic mass is 19.1. The van der Waals surface area contributed by atoms with Crippen molar-refractivity contribution in [3.05, 3.63) is 109 Å². The maximum atomic E-state index is 14.2. The molecule has 0 fully saturated rings. The summed E-state index contributed by atoms with van der Waals surface area (Å²) in [6.45, 7) is 3.29. The van der Waals surface area contributed by atoms with Gasteiger partial charge in [0.15, 0.2) is 0 Å². The van der Waals surface area contributed by atoms with Gasteiger partial charge in [0.05, 0.1) is 18.4 Å². The Labute approximate surface area is 212 Å². The van der Waals surface area contributed by atoms with Gasteiger partial charge in [-0.15, -0.1) is 6.58 Å². The number of imidazole rings is 1. The van der Waals surface area contributed by atoms with Crippen LogP contribution < -0.4 is 10.1 Å². The van der Waals surface area contributed by atoms with E-state index in [2.05, 4.69) is 16.9 Å². The number of amides is 2. The van der Waals surface area contributed by atoms with E-state index in [0.29, 0.717) is 17.1 Å². The Morgan fingerprint density at radius 3 is 2.41 bits per heavy atom. The van der Waals surface area contributed by atoms with E-state index < -0.39 is 23.4 Å². The molecule has 7 nitrogen and oxygen atoms in total. The molecular formula is C28H24F2N4O3. The van der Waals surface area contributed by atoms with Crippen molar-refractivity contribution in [3.63, 3.8) is 0 Å². The number of hydrogen-bond acceptors (Lipinski definition) is 4. The normalized spacial score (nSPS) is 10.6. The number of rotatable bonds is 9. The average molecular weight is 503 g/mol. The van der Waals surface area contributed by atoms with E-state index in [1.807, 2.05) is 12.1 Å². The monoisotopic (exact) mass is 502 g/mol. The molecule has 2 amide bonds. The van der Waals surface area contributed by atoms with Crippen LogP contribution >= 0.6 is 0 Å². The van der Waals surface area contributed by atoms with Crippen molar-refractivity contribution in [1.82, 2.24) is 14.5 Å². The van der Waals surface area contributed by atoms with Crippen molar-refractivity contribution in [2.75, 3.05) is 25.5 Å². The summed E-state index contributed by atoms with van der Waals surface area (Å²) >= 11 is 0. The molecule has 1 N–H and O–H groups in total. The number of nitrogens with zero attached hydrogens (tertiary/aromatic N) is 3. The maximum Gasteiger partial charge on any atom is 0.257 e. The minimum absolute atomic E-state index is 0.0318. The highest BCUT2D eigenvalue weighted by Crippen LogP contribution is 2.26. The number of nitrogens with one attached hydrogen (secondary N) is 1. The molecule has 1 aromatic heterocycles. The average Bonchev–Trinajstić information content (AvgIpc) is 3.32. The summed E-state index contributed by atoms with van der Waals surface area (Å²) in [6.07, 6.45) is 3.16. The van der Waals surface area contributed by atoms with Crippen molar-refractivity contribution in [3.8, 4) is 22.7 Å². The number of carbonyl (C=O) groups excluding carboxylic acids is 2. The minimum atomic E-state index is -0.682. The SMILES string of the molecule is C=CCN(CC(=O)Nc1nc(-c2ccc(OC)cc2)cn1-c1ccc(F)cc1)C(=O)c1ccccc1F. The number of aromatic nitrogens is 2. The molecule has 9 heteroatoms. The van der Waals surface area contributed by atoms with Crippen molar-refractivity contribution in [2.24, 2.45) is 0 Å². The summed E-state index contributed by atoms with van der Waals surface area (Å²) in [4.78, 5) is 31.7. The van der Waals surface area contributed by atoms with Crippen LogP contribution in [0.1, 0.15) is 10.4 Å². The second-order valence-corrected chi connectivity index (χ2v) is 8.03. The highest BCUT2D eigenvalue weighted by Gasteiger charge is 2.22. The molecule has 0 bridgehead atoms. The number of benzene rings is 3. The van der Waals surface area contributed by atoms with Crippen molar-refractivity contribution >= 4 is 17.8 Å². The summed E-state index contributed by atoms with van der Waals surface area (Å²) in [5, 5.41) is 2.72. The molecule has 188 valence electrons. The molecule has 4 aromatic rings. The van der Waals surface area contributed by atoms with Gasteiger partial charge < -0.3 is 9.64 Å². The second-order valence-electron chi connectivity index (χ2n) is 8.03. The Hall–Kier alpha value is -4.79. The third-order valence-corrected chi connectivity index (χ3v) is 5.52. The molecule has 1 heterocycles. The van der Waals surface area contributed by atoms with E-state index in [0.717, 1.165) is 5.56 Å². The molecule has 3 aromatic carbocycles. The maximum absolute atomic E-state index is 14.2. The number of hydrogen-bond donors (Lipinski definition) is 1. The van der Waals surface area contributed by atoms with Crippen LogP contribution in [0.5, 0.6) is 5.75 Å². The predicted octanol–water partition coefficient (Wildman–Crippen LogP) is 5.09. The van der Waals surface area contributed by atoms with Crippen LogP contribution in [0, 0.1) is 11.6 Å². The molecule has 37 heavy (non-hydrogen) atoms. The lowest BCUT2D eigenvalue weighted by Crippen LogP contribution is -2.38. The van der Waals surface area contributed by atoms with Crippen LogP contribution in [0.15, 0.2) is 91.6 Å². The fourth-order valence-electron chi connectivity index (χ4n) is 3.69. The Kier molecular flexibility index (Phi) is 7.73. The van der Waals surface area contributed by atoms with Crippen LogP contribution in [0.3, 0.4) is 0 Å². The quantitative estimate of drug-likeness (QED) is 0.324. The van der Waals surface area contributed by atoms with E-state index in [-0.39, 0.29) is 24.6 Å². The zero-order valence-corrected chi connectivity index (χ0v) is 20.0. The van der Waals surface area contributed by atoms with Crippen molar-refractivity contribution < 1.29 is 23.1 Å². The van der Waals surface area contributed by atoms with Crippen LogP contribution in [0.2, 0.25) is 0 Å². The molecule has 0 saturated carbocycles. The first-order valence-corrected chi connectivity index (χ1v) is 11.3. The third-order valence-electron chi connectivity index (χ3n) is 5.52. The second kappa shape index (κ2) is 11.3. The lowest BCUT2D eigenvalue weighted by Gasteiger charge is -2.21. The van der Waals surface area contributed by atoms with Crippen LogP contribution in [0.4, 0.5) is 14.7 Å². The fourth-order valence-corrected chi connectivity index (χ4v) is 3.69. The number of ether oxygens (including phenoxy) is 1.